The Hall–Kier alpha value is -0.760. The molecule has 1 heterocycles. The van der Waals surface area contributed by atoms with E-state index < -0.39 is 0 Å². The van der Waals surface area contributed by atoms with E-state index in [0.29, 0.717) is 12.1 Å². The average molecular weight is 263 g/mol. The van der Waals surface area contributed by atoms with Crippen LogP contribution in [-0.2, 0) is 6.42 Å². The fourth-order valence-corrected chi connectivity index (χ4v) is 3.29. The molecular formula is C17H29NO. The van der Waals surface area contributed by atoms with Gasteiger partial charge in [0, 0.05) is 18.5 Å². The van der Waals surface area contributed by atoms with Crippen molar-refractivity contribution in [3.63, 3.8) is 0 Å². The fourth-order valence-electron chi connectivity index (χ4n) is 3.29. The maximum absolute atomic E-state index is 5.39. The van der Waals surface area contributed by atoms with Gasteiger partial charge in [-0.25, -0.2) is 0 Å². The highest BCUT2D eigenvalue weighted by Gasteiger charge is 2.20. The van der Waals surface area contributed by atoms with Crippen molar-refractivity contribution >= 4 is 0 Å². The second-order valence-electron chi connectivity index (χ2n) is 6.23. The Bertz CT molecular complexity index is 325. The first-order valence-electron chi connectivity index (χ1n) is 8.04. The molecule has 2 rings (SSSR count). The Labute approximate surface area is 118 Å². The average Bonchev–Trinajstić information content (AvgIpc) is 2.76. The first kappa shape index (κ1) is 14.6. The molecule has 1 N–H and O–H groups in total. The number of nitrogens with one attached hydrogen (secondary N) is 1. The van der Waals surface area contributed by atoms with Gasteiger partial charge in [0.05, 0.1) is 6.26 Å². The van der Waals surface area contributed by atoms with E-state index in [1.54, 1.807) is 6.26 Å². The third kappa shape index (κ3) is 5.02. The van der Waals surface area contributed by atoms with E-state index >= 15 is 0 Å². The van der Waals surface area contributed by atoms with Gasteiger partial charge in [0.15, 0.2) is 0 Å². The molecule has 1 aromatic heterocycles. The Kier molecular flexibility index (Phi) is 5.96. The topological polar surface area (TPSA) is 25.2 Å². The minimum Gasteiger partial charge on any atom is -0.469 e. The number of aryl methyl sites for hydroxylation is 1. The van der Waals surface area contributed by atoms with Gasteiger partial charge in [-0.15, -0.1) is 0 Å². The van der Waals surface area contributed by atoms with Gasteiger partial charge in [-0.1, -0.05) is 25.7 Å². The van der Waals surface area contributed by atoms with Gasteiger partial charge in [0.1, 0.15) is 5.76 Å². The lowest BCUT2D eigenvalue weighted by atomic mass is 9.92. The van der Waals surface area contributed by atoms with Crippen molar-refractivity contribution < 1.29 is 4.42 Å². The van der Waals surface area contributed by atoms with Gasteiger partial charge in [0.2, 0.25) is 0 Å². The Balaban J connectivity index is 1.69. The Morgan fingerprint density at radius 3 is 2.58 bits per heavy atom. The van der Waals surface area contributed by atoms with Crippen molar-refractivity contribution in [1.82, 2.24) is 5.32 Å². The molecule has 1 aromatic rings. The fraction of sp³-hybridized carbons (Fsp3) is 0.765. The first-order valence-corrected chi connectivity index (χ1v) is 8.04. The molecule has 1 saturated carbocycles. The monoisotopic (exact) mass is 263 g/mol. The number of hydrogen-bond acceptors (Lipinski definition) is 2. The normalized spacial score (nSPS) is 20.9. The van der Waals surface area contributed by atoms with Crippen molar-refractivity contribution in [3.8, 4) is 0 Å². The van der Waals surface area contributed by atoms with Crippen LogP contribution in [-0.4, -0.2) is 12.1 Å². The summed E-state index contributed by atoms with van der Waals surface area (Å²) in [6.07, 6.45) is 12.5. The molecule has 108 valence electrons. The smallest absolute Gasteiger partial charge is 0.103 e. The summed E-state index contributed by atoms with van der Waals surface area (Å²) in [5, 5.41) is 3.80. The van der Waals surface area contributed by atoms with Gasteiger partial charge < -0.3 is 9.73 Å². The summed E-state index contributed by atoms with van der Waals surface area (Å²) in [7, 11) is 0. The largest absolute Gasteiger partial charge is 0.469 e. The van der Waals surface area contributed by atoms with Crippen LogP contribution in [0.15, 0.2) is 22.8 Å². The predicted molar refractivity (Wildman–Crippen MR) is 80.3 cm³/mol. The highest BCUT2D eigenvalue weighted by Crippen LogP contribution is 2.25. The molecule has 0 aromatic carbocycles. The van der Waals surface area contributed by atoms with Gasteiger partial charge in [-0.2, -0.15) is 0 Å². The van der Waals surface area contributed by atoms with Crippen molar-refractivity contribution in [2.45, 2.75) is 77.3 Å². The molecule has 0 saturated heterocycles. The van der Waals surface area contributed by atoms with Gasteiger partial charge in [0.25, 0.3) is 0 Å². The molecule has 0 radical (unpaired) electrons. The van der Waals surface area contributed by atoms with E-state index in [2.05, 4.69) is 25.2 Å². The molecule has 0 aliphatic heterocycles. The van der Waals surface area contributed by atoms with Gasteiger partial charge in [-0.05, 0) is 51.2 Å². The summed E-state index contributed by atoms with van der Waals surface area (Å²) in [4.78, 5) is 0. The first-order chi connectivity index (χ1) is 9.25. The van der Waals surface area contributed by atoms with Gasteiger partial charge >= 0.3 is 0 Å². The van der Waals surface area contributed by atoms with Crippen molar-refractivity contribution in [3.05, 3.63) is 24.2 Å². The van der Waals surface area contributed by atoms with Crippen molar-refractivity contribution in [2.24, 2.45) is 5.92 Å². The van der Waals surface area contributed by atoms with E-state index in [1.165, 1.54) is 38.5 Å². The predicted octanol–water partition coefficient (Wildman–Crippen LogP) is 4.55. The molecule has 0 spiro atoms. The highest BCUT2D eigenvalue weighted by atomic mass is 16.3. The molecule has 1 unspecified atom stereocenters. The van der Waals surface area contributed by atoms with E-state index in [9.17, 15) is 0 Å². The Morgan fingerprint density at radius 1 is 1.21 bits per heavy atom. The highest BCUT2D eigenvalue weighted by molar-refractivity contribution is 4.98. The summed E-state index contributed by atoms with van der Waals surface area (Å²) in [5.74, 6) is 1.99. The van der Waals surface area contributed by atoms with E-state index in [-0.39, 0.29) is 0 Å². The lowest BCUT2D eigenvalue weighted by Gasteiger charge is -2.27. The molecule has 19 heavy (non-hydrogen) atoms. The summed E-state index contributed by atoms with van der Waals surface area (Å²) in [6, 6.07) is 5.27. The summed E-state index contributed by atoms with van der Waals surface area (Å²) < 4.78 is 5.39. The van der Waals surface area contributed by atoms with Crippen molar-refractivity contribution in [1.29, 1.82) is 0 Å². The summed E-state index contributed by atoms with van der Waals surface area (Å²) in [5.41, 5.74) is 0. The molecule has 1 aliphatic rings. The molecule has 2 nitrogen and oxygen atoms in total. The number of hydrogen-bond donors (Lipinski definition) is 1. The molecule has 0 amide bonds. The van der Waals surface area contributed by atoms with Crippen LogP contribution in [0.5, 0.6) is 0 Å². The third-order valence-corrected chi connectivity index (χ3v) is 4.56. The van der Waals surface area contributed by atoms with E-state index in [4.69, 9.17) is 4.42 Å². The minimum atomic E-state index is 0.573. The maximum atomic E-state index is 5.39. The molecular weight excluding hydrogens is 234 g/mol. The van der Waals surface area contributed by atoms with Crippen LogP contribution in [0.1, 0.15) is 64.6 Å². The Morgan fingerprint density at radius 2 is 1.95 bits per heavy atom. The SMILES string of the molecule is CC(CCc1ccco1)N[C@@H](C)C1CCCCCC1. The lowest BCUT2D eigenvalue weighted by molar-refractivity contribution is 0.307. The standard InChI is InChI=1S/C17H29NO/c1-14(11-12-17-10-7-13-19-17)18-15(2)16-8-5-3-4-6-9-16/h7,10,13-16,18H,3-6,8-9,11-12H2,1-2H3/t14?,15-/m0/s1. The number of furan rings is 1. The zero-order chi connectivity index (χ0) is 13.5. The second kappa shape index (κ2) is 7.74. The van der Waals surface area contributed by atoms with Crippen LogP contribution in [0.25, 0.3) is 0 Å². The van der Waals surface area contributed by atoms with E-state index in [1.807, 2.05) is 6.07 Å². The van der Waals surface area contributed by atoms with Crippen LogP contribution in [0, 0.1) is 5.92 Å². The van der Waals surface area contributed by atoms with Crippen LogP contribution >= 0.6 is 0 Å². The molecule has 1 aliphatic carbocycles. The minimum absolute atomic E-state index is 0.573. The molecule has 1 fully saturated rings. The molecule has 2 heteroatoms. The maximum Gasteiger partial charge on any atom is 0.103 e. The summed E-state index contributed by atoms with van der Waals surface area (Å²) in [6.45, 7) is 4.68. The van der Waals surface area contributed by atoms with Crippen LogP contribution in [0.2, 0.25) is 0 Å². The van der Waals surface area contributed by atoms with Gasteiger partial charge in [-0.3, -0.25) is 0 Å². The third-order valence-electron chi connectivity index (χ3n) is 4.56. The zero-order valence-electron chi connectivity index (χ0n) is 12.5. The second-order valence-corrected chi connectivity index (χ2v) is 6.23. The molecule has 0 bridgehead atoms. The van der Waals surface area contributed by atoms with Crippen molar-refractivity contribution in [2.75, 3.05) is 0 Å². The van der Waals surface area contributed by atoms with Crippen LogP contribution in [0.3, 0.4) is 0 Å². The lowest BCUT2D eigenvalue weighted by Crippen LogP contribution is -2.39. The van der Waals surface area contributed by atoms with E-state index in [0.717, 1.165) is 24.5 Å². The van der Waals surface area contributed by atoms with Crippen LogP contribution in [0.4, 0.5) is 0 Å². The molecule has 2 atom stereocenters. The van der Waals surface area contributed by atoms with Crippen LogP contribution < -0.4 is 5.32 Å². The zero-order valence-corrected chi connectivity index (χ0v) is 12.5. The summed E-state index contributed by atoms with van der Waals surface area (Å²) >= 11 is 0. The number of rotatable bonds is 6. The quantitative estimate of drug-likeness (QED) is 0.762.